The second-order valence-electron chi connectivity index (χ2n) is 10.5. The van der Waals surface area contributed by atoms with Crippen LogP contribution >= 0.6 is 0 Å². The lowest BCUT2D eigenvalue weighted by Gasteiger charge is -2.42. The first-order valence-corrected chi connectivity index (χ1v) is 15.1. The number of carbonyl (C=O) groups is 2. The summed E-state index contributed by atoms with van der Waals surface area (Å²) in [6, 6.07) is 20.3. The van der Waals surface area contributed by atoms with Crippen LogP contribution in [0, 0.1) is 0 Å². The second-order valence-corrected chi connectivity index (χ2v) is 12.4. The minimum absolute atomic E-state index is 0.0720. The molecule has 2 fully saturated rings. The average molecular weight is 601 g/mol. The second kappa shape index (κ2) is 11.4. The van der Waals surface area contributed by atoms with Gasteiger partial charge >= 0.3 is 6.18 Å². The number of hydrogen-bond donors (Lipinski definition) is 1. The third-order valence-electron chi connectivity index (χ3n) is 7.91. The van der Waals surface area contributed by atoms with Gasteiger partial charge in [0.2, 0.25) is 21.8 Å². The highest BCUT2D eigenvalue weighted by Crippen LogP contribution is 2.41. The summed E-state index contributed by atoms with van der Waals surface area (Å²) in [5.74, 6) is -0.652. The quantitative estimate of drug-likeness (QED) is 0.424. The number of aryl methyl sites for hydroxylation is 1. The number of hydrogen-bond acceptors (Lipinski definition) is 5. The van der Waals surface area contributed by atoms with E-state index < -0.39 is 32.2 Å². The van der Waals surface area contributed by atoms with E-state index in [0.29, 0.717) is 11.8 Å². The molecule has 0 aromatic heterocycles. The van der Waals surface area contributed by atoms with Crippen molar-refractivity contribution in [3.63, 3.8) is 0 Å². The van der Waals surface area contributed by atoms with Crippen LogP contribution in [0.2, 0.25) is 0 Å². The molecule has 0 radical (unpaired) electrons. The Morgan fingerprint density at radius 2 is 1.62 bits per heavy atom. The van der Waals surface area contributed by atoms with E-state index in [1.165, 1.54) is 4.90 Å². The highest BCUT2D eigenvalue weighted by molar-refractivity contribution is 7.89. The van der Waals surface area contributed by atoms with Crippen molar-refractivity contribution in [2.24, 2.45) is 0 Å². The van der Waals surface area contributed by atoms with Gasteiger partial charge in [-0.15, -0.1) is 0 Å². The molecule has 1 spiro atoms. The summed E-state index contributed by atoms with van der Waals surface area (Å²) in [7, 11) is -4.24. The van der Waals surface area contributed by atoms with E-state index in [-0.39, 0.29) is 51.0 Å². The molecule has 0 aliphatic carbocycles. The van der Waals surface area contributed by atoms with Gasteiger partial charge in [-0.2, -0.15) is 17.5 Å². The molecule has 2 saturated heterocycles. The highest BCUT2D eigenvalue weighted by Gasteiger charge is 2.55. The van der Waals surface area contributed by atoms with Gasteiger partial charge in [-0.1, -0.05) is 43.3 Å². The van der Waals surface area contributed by atoms with Crippen LogP contribution in [-0.4, -0.2) is 61.3 Å². The zero-order chi connectivity index (χ0) is 30.1. The van der Waals surface area contributed by atoms with Gasteiger partial charge in [-0.3, -0.25) is 9.59 Å². The van der Waals surface area contributed by atoms with E-state index in [0.717, 1.165) is 40.2 Å². The molecule has 8 nitrogen and oxygen atoms in total. The molecule has 3 aromatic carbocycles. The van der Waals surface area contributed by atoms with Crippen molar-refractivity contribution >= 4 is 33.2 Å². The van der Waals surface area contributed by atoms with Gasteiger partial charge in [0, 0.05) is 24.5 Å². The maximum atomic E-state index is 13.9. The number of piperidine rings is 1. The number of anilines is 2. The van der Waals surface area contributed by atoms with Gasteiger partial charge in [-0.25, -0.2) is 8.42 Å². The molecule has 222 valence electrons. The van der Waals surface area contributed by atoms with Gasteiger partial charge < -0.3 is 15.1 Å². The van der Waals surface area contributed by atoms with Crippen LogP contribution in [-0.2, 0) is 32.2 Å². The third kappa shape index (κ3) is 5.73. The Morgan fingerprint density at radius 3 is 2.24 bits per heavy atom. The standard InChI is InChI=1S/C30H31F3N4O4S/c1-2-22-11-13-24(14-12-22)34-27(38)20-35-21-37(25-8-4-3-5-9-25)29(28(35)39)15-17-36(18-16-29)42(40,41)26-10-6-7-23(19-26)30(31,32)33/h3-14,19H,2,15-18,20-21H2,1H3,(H,34,38). The Hall–Kier alpha value is -3.90. The lowest BCUT2D eigenvalue weighted by Crippen LogP contribution is -2.57. The average Bonchev–Trinajstić information content (AvgIpc) is 3.24. The van der Waals surface area contributed by atoms with Crippen molar-refractivity contribution in [2.45, 2.75) is 42.8 Å². The van der Waals surface area contributed by atoms with E-state index in [4.69, 9.17) is 0 Å². The van der Waals surface area contributed by atoms with Gasteiger partial charge in [0.1, 0.15) is 12.1 Å². The Balaban J connectivity index is 1.35. The molecule has 42 heavy (non-hydrogen) atoms. The summed E-state index contributed by atoms with van der Waals surface area (Å²) >= 11 is 0. The molecule has 2 amide bonds. The fourth-order valence-electron chi connectivity index (χ4n) is 5.60. The number of carbonyl (C=O) groups excluding carboxylic acids is 2. The fraction of sp³-hybridized carbons (Fsp3) is 0.333. The predicted molar refractivity (Wildman–Crippen MR) is 152 cm³/mol. The van der Waals surface area contributed by atoms with E-state index in [1.54, 1.807) is 12.1 Å². The largest absolute Gasteiger partial charge is 0.416 e. The van der Waals surface area contributed by atoms with Crippen LogP contribution in [0.4, 0.5) is 24.5 Å². The molecule has 0 bridgehead atoms. The van der Waals surface area contributed by atoms with Gasteiger partial charge in [0.15, 0.2) is 0 Å². The van der Waals surface area contributed by atoms with Crippen molar-refractivity contribution in [3.8, 4) is 0 Å². The number of benzene rings is 3. The molecule has 1 N–H and O–H groups in total. The summed E-state index contributed by atoms with van der Waals surface area (Å²) < 4.78 is 67.5. The number of sulfonamides is 1. The van der Waals surface area contributed by atoms with E-state index in [9.17, 15) is 31.2 Å². The number of alkyl halides is 3. The molecule has 0 saturated carbocycles. The molecule has 2 heterocycles. The summed E-state index contributed by atoms with van der Waals surface area (Å²) in [4.78, 5) is 29.8. The molecule has 12 heteroatoms. The lowest BCUT2D eigenvalue weighted by atomic mass is 9.86. The lowest BCUT2D eigenvalue weighted by molar-refractivity contribution is -0.137. The van der Waals surface area contributed by atoms with Gasteiger partial charge in [-0.05, 0) is 67.3 Å². The van der Waals surface area contributed by atoms with Crippen LogP contribution in [0.5, 0.6) is 0 Å². The molecule has 3 aromatic rings. The molecular formula is C30H31F3N4O4S. The zero-order valence-corrected chi connectivity index (χ0v) is 23.8. The summed E-state index contributed by atoms with van der Waals surface area (Å²) in [6.07, 6.45) is -3.60. The van der Waals surface area contributed by atoms with Crippen molar-refractivity contribution in [1.29, 1.82) is 0 Å². The van der Waals surface area contributed by atoms with Gasteiger partial charge in [0.25, 0.3) is 0 Å². The van der Waals surface area contributed by atoms with Crippen molar-refractivity contribution in [1.82, 2.24) is 9.21 Å². The maximum Gasteiger partial charge on any atom is 0.416 e. The number of amides is 2. The van der Waals surface area contributed by atoms with Crippen molar-refractivity contribution < 1.29 is 31.2 Å². The highest BCUT2D eigenvalue weighted by atomic mass is 32.2. The Bertz CT molecular complexity index is 1560. The van der Waals surface area contributed by atoms with Crippen molar-refractivity contribution in [2.75, 3.05) is 36.5 Å². The summed E-state index contributed by atoms with van der Waals surface area (Å²) in [5, 5.41) is 2.83. The first-order valence-electron chi connectivity index (χ1n) is 13.6. The number of nitrogens with one attached hydrogen (secondary N) is 1. The molecule has 0 atom stereocenters. The zero-order valence-electron chi connectivity index (χ0n) is 23.0. The maximum absolute atomic E-state index is 13.9. The predicted octanol–water partition coefficient (Wildman–Crippen LogP) is 4.74. The van der Waals surface area contributed by atoms with E-state index in [1.807, 2.05) is 54.3 Å². The van der Waals surface area contributed by atoms with Crippen molar-refractivity contribution in [3.05, 3.63) is 90.0 Å². The number of halogens is 3. The topological polar surface area (TPSA) is 90.0 Å². The third-order valence-corrected chi connectivity index (χ3v) is 9.81. The van der Waals surface area contributed by atoms with Crippen LogP contribution in [0.1, 0.15) is 30.9 Å². The summed E-state index contributed by atoms with van der Waals surface area (Å²) in [5.41, 5.74) is 0.340. The number of rotatable bonds is 7. The summed E-state index contributed by atoms with van der Waals surface area (Å²) in [6.45, 7) is 1.83. The fourth-order valence-corrected chi connectivity index (χ4v) is 7.09. The van der Waals surface area contributed by atoms with E-state index >= 15 is 0 Å². The molecular weight excluding hydrogens is 569 g/mol. The Kier molecular flexibility index (Phi) is 8.04. The van der Waals surface area contributed by atoms with Gasteiger partial charge in [0.05, 0.1) is 17.1 Å². The minimum Gasteiger partial charge on any atom is -0.339 e. The number of nitrogens with zero attached hydrogens (tertiary/aromatic N) is 3. The molecule has 5 rings (SSSR count). The first kappa shape index (κ1) is 29.6. The SMILES string of the molecule is CCc1ccc(NC(=O)CN2CN(c3ccccc3)C3(CCN(S(=O)(=O)c4cccc(C(F)(F)F)c4)CC3)C2=O)cc1. The normalized spacial score (nSPS) is 17.6. The Labute approximate surface area is 242 Å². The minimum atomic E-state index is -4.68. The number of para-hydroxylation sites is 1. The Morgan fingerprint density at radius 1 is 0.952 bits per heavy atom. The van der Waals surface area contributed by atoms with Crippen LogP contribution in [0.3, 0.4) is 0 Å². The monoisotopic (exact) mass is 600 g/mol. The first-order chi connectivity index (χ1) is 19.9. The van der Waals surface area contributed by atoms with Crippen LogP contribution in [0.15, 0.2) is 83.8 Å². The van der Waals surface area contributed by atoms with Crippen LogP contribution in [0.25, 0.3) is 0 Å². The molecule has 2 aliphatic rings. The molecule has 2 aliphatic heterocycles. The smallest absolute Gasteiger partial charge is 0.339 e. The molecule has 0 unspecified atom stereocenters. The van der Waals surface area contributed by atoms with E-state index in [2.05, 4.69) is 5.32 Å². The van der Waals surface area contributed by atoms with Crippen LogP contribution < -0.4 is 10.2 Å².